The summed E-state index contributed by atoms with van der Waals surface area (Å²) in [5, 5.41) is 3.58. The van der Waals surface area contributed by atoms with Crippen LogP contribution in [0.1, 0.15) is 11.1 Å². The highest BCUT2D eigenvalue weighted by Gasteiger charge is 2.22. The van der Waals surface area contributed by atoms with Crippen LogP contribution in [-0.4, -0.2) is 55.7 Å². The van der Waals surface area contributed by atoms with E-state index in [1.165, 1.54) is 5.56 Å². The van der Waals surface area contributed by atoms with Gasteiger partial charge >= 0.3 is 6.03 Å². The number of urea groups is 1. The number of rotatable bonds is 5. The molecule has 0 radical (unpaired) electrons. The van der Waals surface area contributed by atoms with E-state index in [4.69, 9.17) is 16.3 Å². The molecule has 144 valence electrons. The third-order valence-electron chi connectivity index (χ3n) is 4.94. The van der Waals surface area contributed by atoms with Gasteiger partial charge in [0.25, 0.3) is 0 Å². The van der Waals surface area contributed by atoms with Crippen LogP contribution in [0.25, 0.3) is 0 Å². The van der Waals surface area contributed by atoms with Crippen LogP contribution >= 0.6 is 11.6 Å². The topological polar surface area (TPSA) is 44.8 Å². The van der Waals surface area contributed by atoms with Crippen molar-refractivity contribution in [3.63, 3.8) is 0 Å². The molecular formula is C21H26ClN3O2. The van der Waals surface area contributed by atoms with Crippen molar-refractivity contribution in [3.8, 4) is 5.75 Å². The lowest BCUT2D eigenvalue weighted by molar-refractivity contribution is 0.148. The van der Waals surface area contributed by atoms with Gasteiger partial charge in [-0.1, -0.05) is 41.9 Å². The Bertz CT molecular complexity index is 774. The highest BCUT2D eigenvalue weighted by atomic mass is 35.5. The number of hydrogen-bond acceptors (Lipinski definition) is 3. The number of nitrogens with one attached hydrogen (secondary N) is 1. The molecule has 0 unspecified atom stereocenters. The van der Waals surface area contributed by atoms with Crippen LogP contribution in [0.2, 0.25) is 5.02 Å². The van der Waals surface area contributed by atoms with Crippen LogP contribution in [0.5, 0.6) is 5.75 Å². The average Bonchev–Trinajstić information content (AvgIpc) is 2.70. The molecule has 1 N–H and O–H groups in total. The number of amides is 2. The number of hydrogen-bond donors (Lipinski definition) is 1. The summed E-state index contributed by atoms with van der Waals surface area (Å²) in [4.78, 5) is 16.9. The fraction of sp³-hybridized carbons (Fsp3) is 0.381. The van der Waals surface area contributed by atoms with E-state index in [1.54, 1.807) is 13.2 Å². The van der Waals surface area contributed by atoms with Crippen molar-refractivity contribution >= 4 is 23.3 Å². The molecule has 0 bridgehead atoms. The molecule has 0 saturated carbocycles. The number of halogens is 1. The largest absolute Gasteiger partial charge is 0.495 e. The second-order valence-corrected chi connectivity index (χ2v) is 7.20. The molecule has 1 fully saturated rings. The molecule has 0 atom stereocenters. The van der Waals surface area contributed by atoms with E-state index in [9.17, 15) is 4.79 Å². The van der Waals surface area contributed by atoms with Gasteiger partial charge in [0.2, 0.25) is 0 Å². The van der Waals surface area contributed by atoms with Crippen molar-refractivity contribution < 1.29 is 9.53 Å². The molecule has 6 heteroatoms. The summed E-state index contributed by atoms with van der Waals surface area (Å²) in [7, 11) is 1.57. The van der Waals surface area contributed by atoms with Gasteiger partial charge in [-0.3, -0.25) is 4.90 Å². The fourth-order valence-electron chi connectivity index (χ4n) is 3.23. The van der Waals surface area contributed by atoms with Crippen LogP contribution in [0.3, 0.4) is 0 Å². The van der Waals surface area contributed by atoms with Gasteiger partial charge in [-0.15, -0.1) is 0 Å². The van der Waals surface area contributed by atoms with E-state index in [1.807, 2.05) is 24.0 Å². The fourth-order valence-corrected chi connectivity index (χ4v) is 3.38. The van der Waals surface area contributed by atoms with Gasteiger partial charge in [0, 0.05) is 43.8 Å². The van der Waals surface area contributed by atoms with Crippen molar-refractivity contribution in [3.05, 3.63) is 58.6 Å². The summed E-state index contributed by atoms with van der Waals surface area (Å²) in [6.45, 7) is 6.13. The second-order valence-electron chi connectivity index (χ2n) is 6.80. The Morgan fingerprint density at radius 2 is 1.85 bits per heavy atom. The van der Waals surface area contributed by atoms with Crippen LogP contribution < -0.4 is 10.1 Å². The molecule has 0 aromatic heterocycles. The summed E-state index contributed by atoms with van der Waals surface area (Å²) in [6, 6.07) is 14.0. The highest BCUT2D eigenvalue weighted by Crippen LogP contribution is 2.31. The van der Waals surface area contributed by atoms with Gasteiger partial charge in [-0.2, -0.15) is 0 Å². The summed E-state index contributed by atoms with van der Waals surface area (Å²) < 4.78 is 5.33. The van der Waals surface area contributed by atoms with Crippen LogP contribution in [-0.2, 0) is 6.42 Å². The summed E-state index contributed by atoms with van der Waals surface area (Å²) in [6.07, 6.45) is 1.04. The summed E-state index contributed by atoms with van der Waals surface area (Å²) in [5.74, 6) is 0.570. The van der Waals surface area contributed by atoms with E-state index in [0.717, 1.165) is 44.7 Å². The van der Waals surface area contributed by atoms with Crippen molar-refractivity contribution in [2.24, 2.45) is 0 Å². The zero-order valence-corrected chi connectivity index (χ0v) is 16.6. The normalized spacial score (nSPS) is 14.9. The minimum atomic E-state index is -0.0993. The number of carbonyl (C=O) groups is 1. The first-order valence-corrected chi connectivity index (χ1v) is 9.61. The first-order chi connectivity index (χ1) is 13.1. The van der Waals surface area contributed by atoms with Gasteiger partial charge in [0.15, 0.2) is 0 Å². The zero-order chi connectivity index (χ0) is 19.2. The molecule has 0 spiro atoms. The maximum absolute atomic E-state index is 12.6. The smallest absolute Gasteiger partial charge is 0.322 e. The van der Waals surface area contributed by atoms with E-state index >= 15 is 0 Å². The number of ether oxygens (including phenoxy) is 1. The number of carbonyl (C=O) groups excluding carboxylic acids is 1. The maximum Gasteiger partial charge on any atom is 0.322 e. The third-order valence-corrected chi connectivity index (χ3v) is 5.35. The van der Waals surface area contributed by atoms with Gasteiger partial charge in [-0.05, 0) is 30.5 Å². The lowest BCUT2D eigenvalue weighted by Gasteiger charge is -2.34. The van der Waals surface area contributed by atoms with Crippen LogP contribution in [0, 0.1) is 6.92 Å². The van der Waals surface area contributed by atoms with E-state index in [0.29, 0.717) is 16.5 Å². The zero-order valence-electron chi connectivity index (χ0n) is 15.9. The first kappa shape index (κ1) is 19.5. The lowest BCUT2D eigenvalue weighted by Crippen LogP contribution is -2.50. The van der Waals surface area contributed by atoms with Crippen molar-refractivity contribution in [2.75, 3.05) is 45.2 Å². The van der Waals surface area contributed by atoms with Crippen molar-refractivity contribution in [2.45, 2.75) is 13.3 Å². The second kappa shape index (κ2) is 9.11. The van der Waals surface area contributed by atoms with Crippen molar-refractivity contribution in [1.29, 1.82) is 0 Å². The number of piperazine rings is 1. The molecule has 3 rings (SSSR count). The molecular weight excluding hydrogens is 362 g/mol. The Hall–Kier alpha value is -2.24. The SMILES string of the molecule is COc1cc(Cl)c(C)cc1NC(=O)N1CCN(CCc2ccccc2)CC1. The number of methoxy groups -OCH3 is 1. The van der Waals surface area contributed by atoms with Gasteiger partial charge in [0.05, 0.1) is 12.8 Å². The molecule has 1 heterocycles. The minimum absolute atomic E-state index is 0.0993. The first-order valence-electron chi connectivity index (χ1n) is 9.23. The number of benzene rings is 2. The van der Waals surface area contributed by atoms with E-state index in [2.05, 4.69) is 34.5 Å². The molecule has 27 heavy (non-hydrogen) atoms. The maximum atomic E-state index is 12.6. The average molecular weight is 388 g/mol. The Morgan fingerprint density at radius 1 is 1.15 bits per heavy atom. The quantitative estimate of drug-likeness (QED) is 0.841. The number of anilines is 1. The predicted molar refractivity (Wildman–Crippen MR) is 110 cm³/mol. The molecule has 1 saturated heterocycles. The standard InChI is InChI=1S/C21H26ClN3O2/c1-16-14-19(20(27-2)15-18(16)22)23-21(26)25-12-10-24(11-13-25)9-8-17-6-4-3-5-7-17/h3-7,14-15H,8-13H2,1-2H3,(H,23,26). The molecule has 5 nitrogen and oxygen atoms in total. The Kier molecular flexibility index (Phi) is 6.58. The summed E-state index contributed by atoms with van der Waals surface area (Å²) >= 11 is 6.13. The molecule has 2 aromatic rings. The lowest BCUT2D eigenvalue weighted by atomic mass is 10.1. The van der Waals surface area contributed by atoms with Gasteiger partial charge < -0.3 is 15.0 Å². The molecule has 1 aliphatic rings. The van der Waals surface area contributed by atoms with E-state index in [-0.39, 0.29) is 6.03 Å². The van der Waals surface area contributed by atoms with E-state index < -0.39 is 0 Å². The number of nitrogens with zero attached hydrogens (tertiary/aromatic N) is 2. The molecule has 1 aliphatic heterocycles. The third kappa shape index (κ3) is 5.15. The Balaban J connectivity index is 1.51. The monoisotopic (exact) mass is 387 g/mol. The molecule has 2 amide bonds. The Morgan fingerprint density at radius 3 is 2.52 bits per heavy atom. The molecule has 2 aromatic carbocycles. The minimum Gasteiger partial charge on any atom is -0.495 e. The van der Waals surface area contributed by atoms with Crippen LogP contribution in [0.15, 0.2) is 42.5 Å². The van der Waals surface area contributed by atoms with Crippen molar-refractivity contribution in [1.82, 2.24) is 9.80 Å². The number of aryl methyl sites for hydroxylation is 1. The van der Waals surface area contributed by atoms with Gasteiger partial charge in [0.1, 0.15) is 5.75 Å². The van der Waals surface area contributed by atoms with Gasteiger partial charge in [-0.25, -0.2) is 4.79 Å². The summed E-state index contributed by atoms with van der Waals surface area (Å²) in [5.41, 5.74) is 2.90. The molecule has 0 aliphatic carbocycles. The highest BCUT2D eigenvalue weighted by molar-refractivity contribution is 6.31. The Labute approximate surface area is 165 Å². The van der Waals surface area contributed by atoms with Crippen LogP contribution in [0.4, 0.5) is 10.5 Å². The predicted octanol–water partition coefficient (Wildman–Crippen LogP) is 4.05.